The lowest BCUT2D eigenvalue weighted by Gasteiger charge is -2.41. The number of carboxylic acids is 1. The van der Waals surface area contributed by atoms with Crippen molar-refractivity contribution < 1.29 is 27.9 Å². The smallest absolute Gasteiger partial charge is 0.352 e. The number of hydrogen-bond acceptors (Lipinski definition) is 6. The van der Waals surface area contributed by atoms with Gasteiger partial charge in [-0.05, 0) is 43.2 Å². The maximum absolute atomic E-state index is 13.6. The van der Waals surface area contributed by atoms with E-state index in [1.165, 1.54) is 4.57 Å². The van der Waals surface area contributed by atoms with E-state index in [1.54, 1.807) is 25.2 Å². The van der Waals surface area contributed by atoms with Gasteiger partial charge in [0.25, 0.3) is 0 Å². The van der Waals surface area contributed by atoms with Crippen molar-refractivity contribution in [3.63, 3.8) is 0 Å². The number of benzene rings is 1. The number of aryl methyl sites for hydroxylation is 2. The lowest BCUT2D eigenvalue weighted by molar-refractivity contribution is -0.137. The predicted molar refractivity (Wildman–Crippen MR) is 143 cm³/mol. The Morgan fingerprint density at radius 1 is 1.29 bits per heavy atom. The number of carbonyl (C=O) groups excluding carboxylic acids is 2. The Hall–Kier alpha value is -3.39. The van der Waals surface area contributed by atoms with Crippen LogP contribution in [0.25, 0.3) is 10.9 Å². The van der Waals surface area contributed by atoms with Crippen LogP contribution in [0.5, 0.6) is 0 Å². The lowest BCUT2D eigenvalue weighted by Crippen LogP contribution is -2.56. The number of nitrogens with two attached hydrogens (primary N) is 1. The van der Waals surface area contributed by atoms with Gasteiger partial charge >= 0.3 is 5.97 Å². The summed E-state index contributed by atoms with van der Waals surface area (Å²) < 4.78 is 24.8. The number of hydrogen-bond donors (Lipinski definition) is 3. The Labute approximate surface area is 223 Å². The summed E-state index contributed by atoms with van der Waals surface area (Å²) in [5.74, 6) is -3.41. The Kier molecular flexibility index (Phi) is 8.56. The third-order valence-corrected chi connectivity index (χ3v) is 8.47. The van der Waals surface area contributed by atoms with Crippen molar-refractivity contribution in [1.82, 2.24) is 9.88 Å². The van der Waals surface area contributed by atoms with E-state index in [4.69, 9.17) is 5.73 Å². The Morgan fingerprint density at radius 3 is 2.53 bits per heavy atom. The van der Waals surface area contributed by atoms with Gasteiger partial charge in [-0.1, -0.05) is 38.8 Å². The van der Waals surface area contributed by atoms with Crippen LogP contribution in [0.4, 0.5) is 0 Å². The lowest BCUT2D eigenvalue weighted by atomic mass is 9.60. The van der Waals surface area contributed by atoms with Gasteiger partial charge in [-0.25, -0.2) is 13.2 Å². The summed E-state index contributed by atoms with van der Waals surface area (Å²) in [7, 11) is -1.64. The molecule has 3 atom stereocenters. The second kappa shape index (κ2) is 11.2. The minimum absolute atomic E-state index is 0.0640. The average Bonchev–Trinajstić information content (AvgIpc) is 3.13. The minimum atomic E-state index is -3.21. The zero-order valence-corrected chi connectivity index (χ0v) is 23.1. The molecule has 11 heteroatoms. The summed E-state index contributed by atoms with van der Waals surface area (Å²) in [6.07, 6.45) is 3.56. The SMILES string of the molecule is CC(C)C[C@@H](C#N)NC(=O)[C@@H]1CCCC[C@@]1(C(N)=O)c1c(C(=O)O)n(C)c2cc(CCS(C)(=O)=O)ccc12. The van der Waals surface area contributed by atoms with Crippen LogP contribution in [0, 0.1) is 23.2 Å². The molecule has 0 saturated heterocycles. The Morgan fingerprint density at radius 2 is 1.97 bits per heavy atom. The number of aromatic nitrogens is 1. The van der Waals surface area contributed by atoms with Crippen LogP contribution in [0.3, 0.4) is 0 Å². The molecule has 4 N–H and O–H groups in total. The van der Waals surface area contributed by atoms with Crippen molar-refractivity contribution in [2.24, 2.45) is 24.6 Å². The fraction of sp³-hybridized carbons (Fsp3) is 0.556. The molecule has 0 radical (unpaired) electrons. The standard InChI is InChI=1S/C27H36N4O6S/c1-16(2)13-18(15-28)30-24(32)20-7-5-6-11-27(20,26(29)35)22-19-9-8-17(10-12-38(4,36)37)14-21(19)31(3)23(22)25(33)34/h8-9,14,16,18,20H,5-7,10-13H2,1-4H3,(H2,29,35)(H,30,32)(H,33,34)/t18-,20-,27-/m0/s1. The van der Waals surface area contributed by atoms with Crippen molar-refractivity contribution >= 4 is 38.5 Å². The molecule has 1 aliphatic carbocycles. The summed E-state index contributed by atoms with van der Waals surface area (Å²) in [5, 5.41) is 23.1. The fourth-order valence-electron chi connectivity index (χ4n) is 5.78. The van der Waals surface area contributed by atoms with E-state index in [-0.39, 0.29) is 35.8 Å². The van der Waals surface area contributed by atoms with Crippen molar-refractivity contribution in [3.8, 4) is 6.07 Å². The molecule has 206 valence electrons. The molecule has 0 aliphatic heterocycles. The first-order valence-electron chi connectivity index (χ1n) is 12.8. The third kappa shape index (κ3) is 5.70. The van der Waals surface area contributed by atoms with E-state index in [9.17, 15) is 33.2 Å². The molecule has 3 rings (SSSR count). The van der Waals surface area contributed by atoms with Gasteiger partial charge in [0.2, 0.25) is 11.8 Å². The van der Waals surface area contributed by atoms with Crippen LogP contribution >= 0.6 is 0 Å². The summed E-state index contributed by atoms with van der Waals surface area (Å²) in [6.45, 7) is 3.87. The van der Waals surface area contributed by atoms with Crippen LogP contribution in [0.1, 0.15) is 67.6 Å². The number of carboxylic acid groups (broad SMARTS) is 1. The van der Waals surface area contributed by atoms with Gasteiger partial charge in [-0.2, -0.15) is 5.26 Å². The van der Waals surface area contributed by atoms with Crippen molar-refractivity contribution in [1.29, 1.82) is 5.26 Å². The fourth-order valence-corrected chi connectivity index (χ4v) is 6.38. The van der Waals surface area contributed by atoms with Crippen LogP contribution in [0.15, 0.2) is 18.2 Å². The molecule has 1 heterocycles. The quantitative estimate of drug-likeness (QED) is 0.412. The second-order valence-corrected chi connectivity index (χ2v) is 13.0. The highest BCUT2D eigenvalue weighted by Crippen LogP contribution is 2.48. The summed E-state index contributed by atoms with van der Waals surface area (Å²) >= 11 is 0. The first kappa shape index (κ1) is 29.2. The molecule has 0 spiro atoms. The molecular weight excluding hydrogens is 508 g/mol. The van der Waals surface area contributed by atoms with E-state index < -0.39 is 45.0 Å². The maximum atomic E-state index is 13.6. The van der Waals surface area contributed by atoms with E-state index in [0.29, 0.717) is 42.1 Å². The number of primary amides is 1. The molecule has 38 heavy (non-hydrogen) atoms. The van der Waals surface area contributed by atoms with Crippen LogP contribution in [-0.4, -0.2) is 53.9 Å². The molecule has 2 aromatic rings. The van der Waals surface area contributed by atoms with Crippen molar-refractivity contribution in [3.05, 3.63) is 35.0 Å². The number of sulfone groups is 1. The predicted octanol–water partition coefficient (Wildman–Crippen LogP) is 2.43. The number of aromatic carboxylic acids is 1. The second-order valence-electron chi connectivity index (χ2n) is 10.8. The van der Waals surface area contributed by atoms with E-state index in [0.717, 1.165) is 6.26 Å². The van der Waals surface area contributed by atoms with Gasteiger partial charge in [0.15, 0.2) is 0 Å². The first-order valence-corrected chi connectivity index (χ1v) is 14.8. The average molecular weight is 545 g/mol. The Balaban J connectivity index is 2.22. The summed E-state index contributed by atoms with van der Waals surface area (Å²) in [4.78, 5) is 39.5. The number of nitrogens with one attached hydrogen (secondary N) is 1. The molecule has 0 unspecified atom stereocenters. The van der Waals surface area contributed by atoms with Gasteiger partial charge in [0, 0.05) is 29.8 Å². The topological polar surface area (TPSA) is 172 Å². The van der Waals surface area contributed by atoms with Gasteiger partial charge in [-0.3, -0.25) is 9.59 Å². The van der Waals surface area contributed by atoms with Gasteiger partial charge < -0.3 is 20.7 Å². The number of rotatable bonds is 10. The highest BCUT2D eigenvalue weighted by Gasteiger charge is 2.54. The number of carbonyl (C=O) groups is 3. The van der Waals surface area contributed by atoms with Gasteiger partial charge in [0.1, 0.15) is 21.6 Å². The maximum Gasteiger partial charge on any atom is 0.352 e. The number of nitriles is 1. The minimum Gasteiger partial charge on any atom is -0.477 e. The highest BCUT2D eigenvalue weighted by atomic mass is 32.2. The van der Waals surface area contributed by atoms with E-state index in [2.05, 4.69) is 11.4 Å². The molecular formula is C27H36N4O6S. The molecule has 1 saturated carbocycles. The highest BCUT2D eigenvalue weighted by molar-refractivity contribution is 7.90. The third-order valence-electron chi connectivity index (χ3n) is 7.52. The summed E-state index contributed by atoms with van der Waals surface area (Å²) in [5.41, 5.74) is 5.71. The normalized spacial score (nSPS) is 20.7. The molecule has 10 nitrogen and oxygen atoms in total. The molecule has 1 aromatic carbocycles. The molecule has 1 fully saturated rings. The number of nitrogens with zero attached hydrogens (tertiary/aromatic N) is 2. The first-order chi connectivity index (χ1) is 17.7. The molecule has 2 amide bonds. The van der Waals surface area contributed by atoms with E-state index >= 15 is 0 Å². The van der Waals surface area contributed by atoms with Crippen LogP contribution in [-0.2, 0) is 38.3 Å². The monoisotopic (exact) mass is 544 g/mol. The van der Waals surface area contributed by atoms with Crippen molar-refractivity contribution in [2.45, 2.75) is 63.8 Å². The van der Waals surface area contributed by atoms with Crippen molar-refractivity contribution in [2.75, 3.05) is 12.0 Å². The number of amides is 2. The van der Waals surface area contributed by atoms with E-state index in [1.807, 2.05) is 13.8 Å². The van der Waals surface area contributed by atoms with Gasteiger partial charge in [-0.15, -0.1) is 0 Å². The molecule has 0 bridgehead atoms. The summed E-state index contributed by atoms with van der Waals surface area (Å²) in [6, 6.07) is 6.46. The molecule has 1 aromatic heterocycles. The largest absolute Gasteiger partial charge is 0.477 e. The van der Waals surface area contributed by atoms with Gasteiger partial charge in [0.05, 0.1) is 23.2 Å². The number of fused-ring (bicyclic) bond motifs is 1. The zero-order chi connectivity index (χ0) is 28.4. The Bertz CT molecular complexity index is 1400. The zero-order valence-electron chi connectivity index (χ0n) is 22.3. The molecule has 1 aliphatic rings. The van der Waals surface area contributed by atoms with Crippen LogP contribution in [0.2, 0.25) is 0 Å². The van der Waals surface area contributed by atoms with Crippen LogP contribution < -0.4 is 11.1 Å².